The fourth-order valence-electron chi connectivity index (χ4n) is 2.21. The molecule has 0 aromatic heterocycles. The Kier molecular flexibility index (Phi) is 7.77. The van der Waals surface area contributed by atoms with Crippen molar-refractivity contribution in [3.8, 4) is 5.75 Å². The van der Waals surface area contributed by atoms with E-state index in [-0.39, 0.29) is 59.1 Å². The Balaban J connectivity index is 0.00000144. The SMILES string of the molecule is O=S(=O)([O-])c1cc([O-])c2cc(Nc3ccccc3)ccc2c1.[Na+].[Na+]. The number of anilines is 2. The van der Waals surface area contributed by atoms with Gasteiger partial charge in [0.05, 0.1) is 4.90 Å². The molecule has 0 aliphatic rings. The van der Waals surface area contributed by atoms with Crippen LogP contribution in [0.15, 0.2) is 65.6 Å². The van der Waals surface area contributed by atoms with Gasteiger partial charge in [0.15, 0.2) is 0 Å². The summed E-state index contributed by atoms with van der Waals surface area (Å²) >= 11 is 0. The molecule has 0 radical (unpaired) electrons. The topological polar surface area (TPSA) is 92.3 Å². The molecular weight excluding hydrogens is 348 g/mol. The summed E-state index contributed by atoms with van der Waals surface area (Å²) in [5.41, 5.74) is 1.57. The van der Waals surface area contributed by atoms with Crippen LogP contribution in [0.4, 0.5) is 11.4 Å². The molecule has 0 aliphatic carbocycles. The van der Waals surface area contributed by atoms with Gasteiger partial charge in [0, 0.05) is 11.4 Å². The van der Waals surface area contributed by atoms with Crippen molar-refractivity contribution in [2.24, 2.45) is 0 Å². The van der Waals surface area contributed by atoms with E-state index in [1.165, 1.54) is 6.07 Å². The van der Waals surface area contributed by atoms with Gasteiger partial charge in [0.2, 0.25) is 0 Å². The van der Waals surface area contributed by atoms with Crippen LogP contribution in [-0.2, 0) is 10.1 Å². The maximum atomic E-state index is 12.0. The zero-order valence-corrected chi connectivity index (χ0v) is 18.1. The van der Waals surface area contributed by atoms with Crippen molar-refractivity contribution < 1.29 is 77.2 Å². The van der Waals surface area contributed by atoms with Gasteiger partial charge in [-0.3, -0.25) is 0 Å². The average molecular weight is 359 g/mol. The first-order chi connectivity index (χ1) is 10.4. The molecule has 0 heterocycles. The molecule has 112 valence electrons. The number of hydrogen-bond donors (Lipinski definition) is 1. The van der Waals surface area contributed by atoms with Crippen LogP contribution in [0.25, 0.3) is 10.8 Å². The number of rotatable bonds is 3. The van der Waals surface area contributed by atoms with Gasteiger partial charge in [0.1, 0.15) is 10.1 Å². The Morgan fingerprint density at radius 1 is 0.833 bits per heavy atom. The van der Waals surface area contributed by atoms with E-state index in [0.717, 1.165) is 11.8 Å². The van der Waals surface area contributed by atoms with Crippen LogP contribution in [-0.4, -0.2) is 13.0 Å². The molecule has 24 heavy (non-hydrogen) atoms. The molecule has 3 aromatic rings. The molecule has 8 heteroatoms. The third-order valence-corrected chi connectivity index (χ3v) is 4.05. The molecule has 0 bridgehead atoms. The summed E-state index contributed by atoms with van der Waals surface area (Å²) in [6.07, 6.45) is 0. The molecule has 1 N–H and O–H groups in total. The summed E-state index contributed by atoms with van der Waals surface area (Å²) in [5.74, 6) is -0.497. The zero-order chi connectivity index (χ0) is 15.7. The van der Waals surface area contributed by atoms with Crippen molar-refractivity contribution in [3.63, 3.8) is 0 Å². The number of benzene rings is 3. The first kappa shape index (κ1) is 21.5. The standard InChI is InChI=1S/C16H13NO4S.2Na/c18-16-10-14(22(19,20)21)8-11-6-7-13(9-15(11)16)17-12-4-2-1-3-5-12;;/h1-10,17-18H,(H,19,20,21);;/q;2*+1/p-2. The number of nitrogens with one attached hydrogen (secondary N) is 1. The van der Waals surface area contributed by atoms with Crippen molar-refractivity contribution in [3.05, 3.63) is 60.7 Å². The zero-order valence-electron chi connectivity index (χ0n) is 13.3. The second-order valence-corrected chi connectivity index (χ2v) is 6.18. The minimum absolute atomic E-state index is 0. The van der Waals surface area contributed by atoms with Crippen LogP contribution >= 0.6 is 0 Å². The Bertz CT molecular complexity index is 947. The monoisotopic (exact) mass is 359 g/mol. The fraction of sp³-hybridized carbons (Fsp3) is 0. The van der Waals surface area contributed by atoms with E-state index >= 15 is 0 Å². The minimum atomic E-state index is -4.64. The first-order valence-corrected chi connectivity index (χ1v) is 7.87. The van der Waals surface area contributed by atoms with E-state index < -0.39 is 20.8 Å². The number of hydrogen-bond acceptors (Lipinski definition) is 5. The van der Waals surface area contributed by atoms with E-state index in [1.807, 2.05) is 30.3 Å². The van der Waals surface area contributed by atoms with E-state index in [4.69, 9.17) is 0 Å². The Morgan fingerprint density at radius 2 is 1.50 bits per heavy atom. The fourth-order valence-corrected chi connectivity index (χ4v) is 2.73. The van der Waals surface area contributed by atoms with Gasteiger partial charge in [-0.25, -0.2) is 8.42 Å². The van der Waals surface area contributed by atoms with Gasteiger partial charge in [0.25, 0.3) is 0 Å². The van der Waals surface area contributed by atoms with E-state index in [0.29, 0.717) is 16.5 Å². The molecule has 0 saturated carbocycles. The van der Waals surface area contributed by atoms with E-state index in [2.05, 4.69) is 5.32 Å². The normalized spacial score (nSPS) is 10.5. The molecule has 0 amide bonds. The van der Waals surface area contributed by atoms with Crippen molar-refractivity contribution in [1.29, 1.82) is 0 Å². The maximum Gasteiger partial charge on any atom is 1.00 e. The Morgan fingerprint density at radius 3 is 2.12 bits per heavy atom. The first-order valence-electron chi connectivity index (χ1n) is 6.46. The van der Waals surface area contributed by atoms with Crippen LogP contribution in [0.2, 0.25) is 0 Å². The minimum Gasteiger partial charge on any atom is -0.872 e. The summed E-state index contributed by atoms with van der Waals surface area (Å²) in [7, 11) is -4.64. The van der Waals surface area contributed by atoms with Crippen molar-refractivity contribution in [2.45, 2.75) is 4.90 Å². The van der Waals surface area contributed by atoms with Crippen molar-refractivity contribution in [1.82, 2.24) is 0 Å². The predicted molar refractivity (Wildman–Crippen MR) is 81.1 cm³/mol. The second-order valence-electron chi connectivity index (χ2n) is 4.80. The van der Waals surface area contributed by atoms with Crippen molar-refractivity contribution in [2.75, 3.05) is 5.32 Å². The quantitative estimate of drug-likeness (QED) is 0.388. The van der Waals surface area contributed by atoms with Gasteiger partial charge in [-0.2, -0.15) is 0 Å². The molecule has 0 fully saturated rings. The van der Waals surface area contributed by atoms with Gasteiger partial charge >= 0.3 is 59.1 Å². The predicted octanol–water partition coefficient (Wildman–Crippen LogP) is -3.43. The molecule has 3 aromatic carbocycles. The summed E-state index contributed by atoms with van der Waals surface area (Å²) in [6.45, 7) is 0. The molecular formula is C16H11NNa2O4S. The number of fused-ring (bicyclic) bond motifs is 1. The van der Waals surface area contributed by atoms with Gasteiger partial charge in [-0.1, -0.05) is 36.1 Å². The number of para-hydroxylation sites is 1. The molecule has 0 spiro atoms. The van der Waals surface area contributed by atoms with Gasteiger partial charge < -0.3 is 15.0 Å². The summed E-state index contributed by atoms with van der Waals surface area (Å²) in [6, 6.07) is 16.5. The average Bonchev–Trinajstić information content (AvgIpc) is 2.48. The molecule has 0 atom stereocenters. The largest absolute Gasteiger partial charge is 1.00 e. The molecule has 5 nitrogen and oxygen atoms in total. The van der Waals surface area contributed by atoms with Crippen molar-refractivity contribution >= 4 is 32.3 Å². The maximum absolute atomic E-state index is 12.0. The van der Waals surface area contributed by atoms with Crippen LogP contribution < -0.4 is 69.5 Å². The van der Waals surface area contributed by atoms with Crippen LogP contribution in [0.5, 0.6) is 5.75 Å². The third kappa shape index (κ3) is 4.97. The molecule has 3 rings (SSSR count). The van der Waals surface area contributed by atoms with Crippen LogP contribution in [0.3, 0.4) is 0 Å². The van der Waals surface area contributed by atoms with E-state index in [9.17, 15) is 18.1 Å². The van der Waals surface area contributed by atoms with Crippen LogP contribution in [0, 0.1) is 0 Å². The third-order valence-electron chi connectivity index (χ3n) is 3.24. The van der Waals surface area contributed by atoms with Crippen LogP contribution in [0.1, 0.15) is 0 Å². The second kappa shape index (κ2) is 8.69. The molecule has 0 saturated heterocycles. The Hall–Kier alpha value is -0.570. The van der Waals surface area contributed by atoms with Gasteiger partial charge in [-0.15, -0.1) is 0 Å². The summed E-state index contributed by atoms with van der Waals surface area (Å²) in [5, 5.41) is 15.9. The molecule has 0 aliphatic heterocycles. The van der Waals surface area contributed by atoms with E-state index in [1.54, 1.807) is 18.2 Å². The summed E-state index contributed by atoms with van der Waals surface area (Å²) < 4.78 is 33.1. The Labute approximate surface area is 184 Å². The molecule has 0 unspecified atom stereocenters. The smallest absolute Gasteiger partial charge is 0.872 e. The summed E-state index contributed by atoms with van der Waals surface area (Å²) in [4.78, 5) is -0.506. The van der Waals surface area contributed by atoms with Gasteiger partial charge in [-0.05, 0) is 41.1 Å².